The molecule has 0 atom stereocenters. The van der Waals surface area contributed by atoms with Gasteiger partial charge in [0.2, 0.25) is 5.91 Å². The van der Waals surface area contributed by atoms with Gasteiger partial charge in [0.15, 0.2) is 0 Å². The quantitative estimate of drug-likeness (QED) is 0.528. The van der Waals surface area contributed by atoms with Crippen LogP contribution >= 0.6 is 0 Å². The molecule has 3 aromatic rings. The van der Waals surface area contributed by atoms with Gasteiger partial charge in [0, 0.05) is 24.5 Å². The number of amides is 1. The Morgan fingerprint density at radius 1 is 1.06 bits per heavy atom. The van der Waals surface area contributed by atoms with Gasteiger partial charge in [0.05, 0.1) is 24.4 Å². The third-order valence-corrected chi connectivity index (χ3v) is 5.97. The predicted octanol–water partition coefficient (Wildman–Crippen LogP) is 4.08. The molecule has 172 valence electrons. The third kappa shape index (κ3) is 5.87. The zero-order valence-corrected chi connectivity index (χ0v) is 18.9. The summed E-state index contributed by atoms with van der Waals surface area (Å²) in [5, 5.41) is 2.88. The van der Waals surface area contributed by atoms with Crippen molar-refractivity contribution in [2.45, 2.75) is 26.3 Å². The normalized spacial score (nSPS) is 14.7. The lowest BCUT2D eigenvalue weighted by Gasteiger charge is -2.31. The summed E-state index contributed by atoms with van der Waals surface area (Å²) in [5.41, 5.74) is 1.99. The standard InChI is InChI=1S/C26H30N4O3/c1-2-33-26(32)22-10-6-7-11-23(22)28-24(31)19-29-15-12-20(13-16-29)18-30-17-14-27-25(30)21-8-4-3-5-9-21/h3-11,14,17,20H,2,12-13,15-16,18-19H2,1H3,(H,28,31). The number of anilines is 1. The highest BCUT2D eigenvalue weighted by molar-refractivity contribution is 6.01. The van der Waals surface area contributed by atoms with Crippen LogP contribution in [-0.2, 0) is 16.1 Å². The van der Waals surface area contributed by atoms with Crippen molar-refractivity contribution in [2.75, 3.05) is 31.6 Å². The molecule has 0 unspecified atom stereocenters. The van der Waals surface area contributed by atoms with E-state index in [1.165, 1.54) is 0 Å². The fraction of sp³-hybridized carbons (Fsp3) is 0.346. The molecule has 7 nitrogen and oxygen atoms in total. The molecule has 1 N–H and O–H groups in total. The maximum atomic E-state index is 12.6. The average Bonchev–Trinajstić information content (AvgIpc) is 3.29. The molecule has 4 rings (SSSR count). The number of esters is 1. The van der Waals surface area contributed by atoms with Gasteiger partial charge in [-0.2, -0.15) is 0 Å². The van der Waals surface area contributed by atoms with Crippen molar-refractivity contribution < 1.29 is 14.3 Å². The second-order valence-electron chi connectivity index (χ2n) is 8.30. The Morgan fingerprint density at radius 3 is 2.55 bits per heavy atom. The number of aromatic nitrogens is 2. The minimum Gasteiger partial charge on any atom is -0.462 e. The number of piperidine rings is 1. The Labute approximate surface area is 194 Å². The summed E-state index contributed by atoms with van der Waals surface area (Å²) in [6, 6.07) is 17.2. The zero-order valence-electron chi connectivity index (χ0n) is 18.9. The Morgan fingerprint density at radius 2 is 1.79 bits per heavy atom. The van der Waals surface area contributed by atoms with Gasteiger partial charge in [-0.3, -0.25) is 9.69 Å². The number of nitrogens with one attached hydrogen (secondary N) is 1. The lowest BCUT2D eigenvalue weighted by Crippen LogP contribution is -2.40. The molecule has 33 heavy (non-hydrogen) atoms. The Hall–Kier alpha value is -3.45. The molecular formula is C26H30N4O3. The number of hydrogen-bond donors (Lipinski definition) is 1. The molecule has 1 aliphatic heterocycles. The fourth-order valence-electron chi connectivity index (χ4n) is 4.28. The van der Waals surface area contributed by atoms with E-state index in [0.29, 0.717) is 30.3 Å². The zero-order chi connectivity index (χ0) is 23.0. The van der Waals surface area contributed by atoms with E-state index < -0.39 is 5.97 Å². The van der Waals surface area contributed by atoms with Crippen LogP contribution in [0.2, 0.25) is 0 Å². The lowest BCUT2D eigenvalue weighted by atomic mass is 9.96. The van der Waals surface area contributed by atoms with Crippen molar-refractivity contribution in [3.63, 3.8) is 0 Å². The Kier molecular flexibility index (Phi) is 7.52. The lowest BCUT2D eigenvalue weighted by molar-refractivity contribution is -0.117. The molecule has 1 amide bonds. The largest absolute Gasteiger partial charge is 0.462 e. The summed E-state index contributed by atoms with van der Waals surface area (Å²) in [4.78, 5) is 31.5. The van der Waals surface area contributed by atoms with Crippen LogP contribution in [0.3, 0.4) is 0 Å². The summed E-state index contributed by atoms with van der Waals surface area (Å²) >= 11 is 0. The molecule has 0 radical (unpaired) electrons. The smallest absolute Gasteiger partial charge is 0.340 e. The number of nitrogens with zero attached hydrogens (tertiary/aromatic N) is 3. The number of carbonyl (C=O) groups excluding carboxylic acids is 2. The number of likely N-dealkylation sites (tertiary alicyclic amines) is 1. The van der Waals surface area contributed by atoms with Gasteiger partial charge in [0.1, 0.15) is 5.82 Å². The second kappa shape index (κ2) is 10.9. The molecule has 1 fully saturated rings. The summed E-state index contributed by atoms with van der Waals surface area (Å²) in [5.74, 6) is 0.998. The average molecular weight is 447 g/mol. The van der Waals surface area contributed by atoms with E-state index in [1.54, 1.807) is 31.2 Å². The Balaban J connectivity index is 1.28. The molecule has 0 bridgehead atoms. The van der Waals surface area contributed by atoms with Gasteiger partial charge < -0.3 is 14.6 Å². The first-order valence-corrected chi connectivity index (χ1v) is 11.5. The molecule has 0 spiro atoms. The molecule has 1 aromatic heterocycles. The minimum atomic E-state index is -0.427. The monoisotopic (exact) mass is 446 g/mol. The van der Waals surface area contributed by atoms with E-state index in [0.717, 1.165) is 43.9 Å². The summed E-state index contributed by atoms with van der Waals surface area (Å²) < 4.78 is 7.32. The highest BCUT2D eigenvalue weighted by atomic mass is 16.5. The van der Waals surface area contributed by atoms with Crippen LogP contribution in [0.5, 0.6) is 0 Å². The van der Waals surface area contributed by atoms with E-state index in [1.807, 2.05) is 30.6 Å². The van der Waals surface area contributed by atoms with Gasteiger partial charge in [0.25, 0.3) is 0 Å². The number of imidazole rings is 1. The van der Waals surface area contributed by atoms with E-state index in [9.17, 15) is 9.59 Å². The van der Waals surface area contributed by atoms with Crippen molar-refractivity contribution in [1.82, 2.24) is 14.5 Å². The molecule has 2 heterocycles. The highest BCUT2D eigenvalue weighted by Crippen LogP contribution is 2.23. The van der Waals surface area contributed by atoms with Crippen LogP contribution in [0, 0.1) is 5.92 Å². The van der Waals surface area contributed by atoms with Crippen LogP contribution in [0.25, 0.3) is 11.4 Å². The van der Waals surface area contributed by atoms with Crippen molar-refractivity contribution >= 4 is 17.6 Å². The van der Waals surface area contributed by atoms with Crippen molar-refractivity contribution in [1.29, 1.82) is 0 Å². The SMILES string of the molecule is CCOC(=O)c1ccccc1NC(=O)CN1CCC(Cn2ccnc2-c2ccccc2)CC1. The van der Waals surface area contributed by atoms with Crippen molar-refractivity contribution in [3.05, 3.63) is 72.6 Å². The molecular weight excluding hydrogens is 416 g/mol. The minimum absolute atomic E-state index is 0.119. The first-order valence-electron chi connectivity index (χ1n) is 11.5. The maximum Gasteiger partial charge on any atom is 0.340 e. The summed E-state index contributed by atoms with van der Waals surface area (Å²) in [7, 11) is 0. The van der Waals surface area contributed by atoms with Crippen molar-refractivity contribution in [3.8, 4) is 11.4 Å². The van der Waals surface area contributed by atoms with E-state index in [-0.39, 0.29) is 5.91 Å². The van der Waals surface area contributed by atoms with Gasteiger partial charge in [-0.25, -0.2) is 9.78 Å². The van der Waals surface area contributed by atoms with E-state index >= 15 is 0 Å². The van der Waals surface area contributed by atoms with Crippen LogP contribution in [0.1, 0.15) is 30.1 Å². The van der Waals surface area contributed by atoms with Crippen LogP contribution in [0.4, 0.5) is 5.69 Å². The highest BCUT2D eigenvalue weighted by Gasteiger charge is 2.23. The van der Waals surface area contributed by atoms with Gasteiger partial charge in [-0.15, -0.1) is 0 Å². The topological polar surface area (TPSA) is 76.5 Å². The van der Waals surface area contributed by atoms with Gasteiger partial charge in [-0.1, -0.05) is 42.5 Å². The van der Waals surface area contributed by atoms with Gasteiger partial charge in [-0.05, 0) is 50.9 Å². The van der Waals surface area contributed by atoms with Crippen LogP contribution < -0.4 is 5.32 Å². The van der Waals surface area contributed by atoms with Gasteiger partial charge >= 0.3 is 5.97 Å². The summed E-state index contributed by atoms with van der Waals surface area (Å²) in [6.45, 7) is 5.03. The molecule has 2 aromatic carbocycles. The molecule has 1 saturated heterocycles. The van der Waals surface area contributed by atoms with Crippen molar-refractivity contribution in [2.24, 2.45) is 5.92 Å². The first kappa shape index (κ1) is 22.7. The fourth-order valence-corrected chi connectivity index (χ4v) is 4.28. The number of carbonyl (C=O) groups is 2. The maximum absolute atomic E-state index is 12.6. The van der Waals surface area contributed by atoms with Crippen LogP contribution in [0.15, 0.2) is 67.0 Å². The third-order valence-electron chi connectivity index (χ3n) is 5.97. The molecule has 1 aliphatic rings. The molecule has 7 heteroatoms. The first-order chi connectivity index (χ1) is 16.1. The summed E-state index contributed by atoms with van der Waals surface area (Å²) in [6.07, 6.45) is 5.96. The number of ether oxygens (including phenoxy) is 1. The number of para-hydroxylation sites is 1. The molecule has 0 saturated carbocycles. The predicted molar refractivity (Wildman–Crippen MR) is 128 cm³/mol. The number of hydrogen-bond acceptors (Lipinski definition) is 5. The van der Waals surface area contributed by atoms with Crippen LogP contribution in [-0.4, -0.2) is 52.6 Å². The number of rotatable bonds is 8. The van der Waals surface area contributed by atoms with E-state index in [2.05, 4.69) is 31.9 Å². The number of benzene rings is 2. The Bertz CT molecular complexity index is 1070. The molecule has 0 aliphatic carbocycles. The van der Waals surface area contributed by atoms with E-state index in [4.69, 9.17) is 4.74 Å². The second-order valence-corrected chi connectivity index (χ2v) is 8.30.